The Morgan fingerprint density at radius 2 is 1.90 bits per heavy atom. The van der Waals surface area contributed by atoms with Crippen molar-refractivity contribution in [2.75, 3.05) is 13.1 Å². The summed E-state index contributed by atoms with van der Waals surface area (Å²) < 4.78 is 6.57. The molecule has 0 spiro atoms. The molecule has 3 rings (SSSR count). The van der Waals surface area contributed by atoms with Gasteiger partial charge in [-0.25, -0.2) is 4.79 Å². The highest BCUT2D eigenvalue weighted by Crippen LogP contribution is 2.16. The number of carbonyl (C=O) groups is 1. The third-order valence-electron chi connectivity index (χ3n) is 4.17. The molecule has 1 saturated heterocycles. The Morgan fingerprint density at radius 3 is 2.62 bits per heavy atom. The molecule has 1 aromatic heterocycles. The standard InChI is InChI=1S/C16H20N2O3/c1-17-13-10-12(6-7-14(13)21-16(17)20)11-15(19)18-8-4-2-3-5-9-18/h6-7,10H,2-5,8-9,11H2,1H3. The first-order chi connectivity index (χ1) is 10.1. The van der Waals surface area contributed by atoms with Crippen LogP contribution in [0.25, 0.3) is 11.1 Å². The molecular formula is C16H20N2O3. The Kier molecular flexibility index (Phi) is 3.82. The summed E-state index contributed by atoms with van der Waals surface area (Å²) >= 11 is 0. The molecule has 0 saturated carbocycles. The first-order valence-corrected chi connectivity index (χ1v) is 7.51. The summed E-state index contributed by atoms with van der Waals surface area (Å²) in [4.78, 5) is 25.8. The van der Waals surface area contributed by atoms with Crippen LogP contribution >= 0.6 is 0 Å². The summed E-state index contributed by atoms with van der Waals surface area (Å²) in [6.07, 6.45) is 5.01. The average Bonchev–Trinajstić information content (AvgIpc) is 2.69. The van der Waals surface area contributed by atoms with Gasteiger partial charge in [0, 0.05) is 20.1 Å². The summed E-state index contributed by atoms with van der Waals surface area (Å²) in [5.74, 6) is -0.203. The van der Waals surface area contributed by atoms with Gasteiger partial charge in [-0.1, -0.05) is 18.9 Å². The molecular weight excluding hydrogens is 268 g/mol. The molecule has 21 heavy (non-hydrogen) atoms. The molecule has 0 atom stereocenters. The number of oxazole rings is 1. The molecule has 1 aliphatic heterocycles. The fourth-order valence-electron chi connectivity index (χ4n) is 2.89. The molecule has 0 unspecified atom stereocenters. The lowest BCUT2D eigenvalue weighted by atomic mass is 10.1. The minimum absolute atomic E-state index is 0.171. The Balaban J connectivity index is 1.79. The van der Waals surface area contributed by atoms with Crippen LogP contribution in [0.4, 0.5) is 0 Å². The maximum Gasteiger partial charge on any atom is 0.419 e. The highest BCUT2D eigenvalue weighted by molar-refractivity contribution is 5.81. The number of benzene rings is 1. The van der Waals surface area contributed by atoms with Crippen molar-refractivity contribution in [2.45, 2.75) is 32.1 Å². The van der Waals surface area contributed by atoms with Gasteiger partial charge in [0.25, 0.3) is 0 Å². The molecule has 1 aliphatic rings. The monoisotopic (exact) mass is 288 g/mol. The largest absolute Gasteiger partial charge is 0.419 e. The van der Waals surface area contributed by atoms with Gasteiger partial charge >= 0.3 is 5.76 Å². The van der Waals surface area contributed by atoms with Crippen LogP contribution in [0.5, 0.6) is 0 Å². The molecule has 1 aromatic carbocycles. The molecule has 2 heterocycles. The van der Waals surface area contributed by atoms with E-state index < -0.39 is 0 Å². The summed E-state index contributed by atoms with van der Waals surface area (Å²) in [5, 5.41) is 0. The SMILES string of the molecule is Cn1c(=O)oc2ccc(CC(=O)N3CCCCCC3)cc21. The number of nitrogens with zero attached hydrogens (tertiary/aromatic N) is 2. The average molecular weight is 288 g/mol. The smallest absolute Gasteiger partial charge is 0.408 e. The Labute approximate surface area is 123 Å². The second-order valence-electron chi connectivity index (χ2n) is 5.70. The third kappa shape index (κ3) is 2.86. The van der Waals surface area contributed by atoms with Gasteiger partial charge < -0.3 is 9.32 Å². The topological polar surface area (TPSA) is 55.5 Å². The van der Waals surface area contributed by atoms with Crippen molar-refractivity contribution >= 4 is 17.0 Å². The molecule has 0 aliphatic carbocycles. The fourth-order valence-corrected chi connectivity index (χ4v) is 2.89. The molecule has 5 heteroatoms. The van der Waals surface area contributed by atoms with E-state index >= 15 is 0 Å². The van der Waals surface area contributed by atoms with E-state index in [2.05, 4.69) is 0 Å². The van der Waals surface area contributed by atoms with Crippen molar-refractivity contribution in [1.29, 1.82) is 0 Å². The lowest BCUT2D eigenvalue weighted by Crippen LogP contribution is -2.33. The number of likely N-dealkylation sites (tertiary alicyclic amines) is 1. The minimum atomic E-state index is -0.374. The van der Waals surface area contributed by atoms with E-state index in [-0.39, 0.29) is 11.7 Å². The highest BCUT2D eigenvalue weighted by Gasteiger charge is 2.16. The number of amides is 1. The lowest BCUT2D eigenvalue weighted by molar-refractivity contribution is -0.130. The van der Waals surface area contributed by atoms with E-state index in [0.717, 1.165) is 37.0 Å². The number of rotatable bonds is 2. The quantitative estimate of drug-likeness (QED) is 0.850. The second kappa shape index (κ2) is 5.76. The van der Waals surface area contributed by atoms with Crippen LogP contribution in [0.1, 0.15) is 31.2 Å². The van der Waals surface area contributed by atoms with Crippen molar-refractivity contribution < 1.29 is 9.21 Å². The molecule has 1 amide bonds. The second-order valence-corrected chi connectivity index (χ2v) is 5.70. The highest BCUT2D eigenvalue weighted by atomic mass is 16.4. The van der Waals surface area contributed by atoms with E-state index in [4.69, 9.17) is 4.42 Å². The predicted molar refractivity (Wildman–Crippen MR) is 80.2 cm³/mol. The number of hydrogen-bond donors (Lipinski definition) is 0. The molecule has 112 valence electrons. The van der Waals surface area contributed by atoms with Crippen molar-refractivity contribution in [3.05, 3.63) is 34.3 Å². The van der Waals surface area contributed by atoms with E-state index in [1.54, 1.807) is 13.1 Å². The normalized spacial score (nSPS) is 16.1. The number of aryl methyl sites for hydroxylation is 1. The molecule has 1 fully saturated rings. The molecule has 0 bridgehead atoms. The van der Waals surface area contributed by atoms with Crippen LogP contribution in [-0.2, 0) is 18.3 Å². The number of carbonyl (C=O) groups excluding carboxylic acids is 1. The van der Waals surface area contributed by atoms with E-state index in [0.29, 0.717) is 12.0 Å². The van der Waals surface area contributed by atoms with Gasteiger partial charge in [0.1, 0.15) is 0 Å². The van der Waals surface area contributed by atoms with Crippen molar-refractivity contribution in [3.63, 3.8) is 0 Å². The van der Waals surface area contributed by atoms with E-state index in [1.807, 2.05) is 17.0 Å². The van der Waals surface area contributed by atoms with Gasteiger partial charge in [0.2, 0.25) is 5.91 Å². The molecule has 0 N–H and O–H groups in total. The van der Waals surface area contributed by atoms with Gasteiger partial charge in [-0.05, 0) is 30.5 Å². The first-order valence-electron chi connectivity index (χ1n) is 7.51. The Morgan fingerprint density at radius 1 is 1.19 bits per heavy atom. The maximum absolute atomic E-state index is 12.4. The van der Waals surface area contributed by atoms with Gasteiger partial charge in [0.05, 0.1) is 11.9 Å². The first kappa shape index (κ1) is 13.9. The number of aromatic nitrogens is 1. The third-order valence-corrected chi connectivity index (χ3v) is 4.17. The summed E-state index contributed by atoms with van der Waals surface area (Å²) in [5.41, 5.74) is 2.22. The van der Waals surface area contributed by atoms with Gasteiger partial charge in [-0.15, -0.1) is 0 Å². The zero-order chi connectivity index (χ0) is 14.8. The zero-order valence-corrected chi connectivity index (χ0v) is 12.3. The van der Waals surface area contributed by atoms with Crippen LogP contribution in [0.15, 0.2) is 27.4 Å². The molecule has 2 aromatic rings. The van der Waals surface area contributed by atoms with Gasteiger partial charge in [-0.3, -0.25) is 9.36 Å². The molecule has 0 radical (unpaired) electrons. The fraction of sp³-hybridized carbons (Fsp3) is 0.500. The summed E-state index contributed by atoms with van der Waals surface area (Å²) in [6.45, 7) is 1.73. The predicted octanol–water partition coefficient (Wildman–Crippen LogP) is 2.08. The van der Waals surface area contributed by atoms with E-state index in [1.165, 1.54) is 17.4 Å². The number of hydrogen-bond acceptors (Lipinski definition) is 3. The zero-order valence-electron chi connectivity index (χ0n) is 12.3. The van der Waals surface area contributed by atoms with Gasteiger partial charge in [0.15, 0.2) is 5.58 Å². The number of fused-ring (bicyclic) bond motifs is 1. The van der Waals surface area contributed by atoms with Crippen molar-refractivity contribution in [3.8, 4) is 0 Å². The van der Waals surface area contributed by atoms with Crippen LogP contribution < -0.4 is 5.76 Å². The van der Waals surface area contributed by atoms with Crippen molar-refractivity contribution in [2.24, 2.45) is 7.05 Å². The summed E-state index contributed by atoms with van der Waals surface area (Å²) in [7, 11) is 1.68. The van der Waals surface area contributed by atoms with Crippen LogP contribution in [-0.4, -0.2) is 28.5 Å². The van der Waals surface area contributed by atoms with Crippen molar-refractivity contribution in [1.82, 2.24) is 9.47 Å². The van der Waals surface area contributed by atoms with Gasteiger partial charge in [-0.2, -0.15) is 0 Å². The Bertz CT molecular complexity index is 706. The Hall–Kier alpha value is -2.04. The van der Waals surface area contributed by atoms with Crippen LogP contribution in [0.3, 0.4) is 0 Å². The maximum atomic E-state index is 12.4. The lowest BCUT2D eigenvalue weighted by Gasteiger charge is -2.20. The molecule has 5 nitrogen and oxygen atoms in total. The van der Waals surface area contributed by atoms with Crippen LogP contribution in [0.2, 0.25) is 0 Å². The summed E-state index contributed by atoms with van der Waals surface area (Å²) in [6, 6.07) is 5.50. The van der Waals surface area contributed by atoms with Crippen LogP contribution in [0, 0.1) is 0 Å². The van der Waals surface area contributed by atoms with E-state index in [9.17, 15) is 9.59 Å². The minimum Gasteiger partial charge on any atom is -0.408 e.